The van der Waals surface area contributed by atoms with Gasteiger partial charge in [-0.1, -0.05) is 12.1 Å². The van der Waals surface area contributed by atoms with Crippen molar-refractivity contribution in [2.75, 3.05) is 23.3 Å². The Morgan fingerprint density at radius 1 is 1.18 bits per heavy atom. The van der Waals surface area contributed by atoms with Crippen LogP contribution in [0, 0.1) is 6.92 Å². The largest absolute Gasteiger partial charge is 0.372 e. The fourth-order valence-electron chi connectivity index (χ4n) is 3.61. The van der Waals surface area contributed by atoms with E-state index < -0.39 is 0 Å². The van der Waals surface area contributed by atoms with Gasteiger partial charge in [-0.3, -0.25) is 9.89 Å². The summed E-state index contributed by atoms with van der Waals surface area (Å²) >= 11 is 0. The number of anilines is 2. The highest BCUT2D eigenvalue weighted by Gasteiger charge is 2.30. The van der Waals surface area contributed by atoms with Gasteiger partial charge in [-0.25, -0.2) is 0 Å². The van der Waals surface area contributed by atoms with E-state index in [1.165, 1.54) is 24.1 Å². The summed E-state index contributed by atoms with van der Waals surface area (Å²) in [7, 11) is 0. The molecule has 2 N–H and O–H groups in total. The number of nitrogens with one attached hydrogen (secondary N) is 2. The third-order valence-corrected chi connectivity index (χ3v) is 4.76. The number of hydrogen-bond donors (Lipinski definition) is 2. The number of aryl methyl sites for hydroxylation is 1. The van der Waals surface area contributed by atoms with Crippen LogP contribution in [0.2, 0.25) is 0 Å². The number of aromatic nitrogens is 2. The Hall–Kier alpha value is -2.30. The number of carbonyl (C=O) groups excluding carboxylic acids is 1. The van der Waals surface area contributed by atoms with Crippen LogP contribution in [-0.4, -0.2) is 29.2 Å². The third-order valence-electron chi connectivity index (χ3n) is 4.76. The third kappa shape index (κ3) is 2.17. The number of aromatic amines is 1. The number of fused-ring (bicyclic) bond motifs is 1. The standard InChI is InChI=1S/C17H20N4O/c1-11-16-14(10-15(22)18-17(16)20-19-11)12-4-6-13(7-5-12)21-8-2-3-9-21/h4-7,14H,2-3,8-10H2,1H3,(H2,18,19,20,22). The second-order valence-electron chi connectivity index (χ2n) is 6.20. The van der Waals surface area contributed by atoms with Gasteiger partial charge in [0.15, 0.2) is 5.82 Å². The molecule has 3 heterocycles. The minimum Gasteiger partial charge on any atom is -0.372 e. The second kappa shape index (κ2) is 5.16. The minimum absolute atomic E-state index is 0.0348. The quantitative estimate of drug-likeness (QED) is 0.896. The fraction of sp³-hybridized carbons (Fsp3) is 0.412. The molecule has 0 bridgehead atoms. The first-order valence-corrected chi connectivity index (χ1v) is 7.92. The maximum atomic E-state index is 11.9. The zero-order valence-electron chi connectivity index (χ0n) is 12.7. The summed E-state index contributed by atoms with van der Waals surface area (Å²) in [6.45, 7) is 4.31. The number of hydrogen-bond acceptors (Lipinski definition) is 3. The molecule has 2 aromatic rings. The van der Waals surface area contributed by atoms with Gasteiger partial charge in [0.2, 0.25) is 5.91 Å². The number of carbonyl (C=O) groups is 1. The summed E-state index contributed by atoms with van der Waals surface area (Å²) in [4.78, 5) is 14.3. The Bertz CT molecular complexity index is 698. The summed E-state index contributed by atoms with van der Waals surface area (Å²) in [5.74, 6) is 0.810. The molecule has 1 unspecified atom stereocenters. The predicted octanol–water partition coefficient (Wildman–Crippen LogP) is 2.79. The van der Waals surface area contributed by atoms with Gasteiger partial charge in [0.1, 0.15) is 0 Å². The first-order chi connectivity index (χ1) is 10.7. The highest BCUT2D eigenvalue weighted by Crippen LogP contribution is 2.38. The minimum atomic E-state index is 0.0348. The first kappa shape index (κ1) is 13.4. The van der Waals surface area contributed by atoms with Crippen molar-refractivity contribution in [3.05, 3.63) is 41.1 Å². The Kier molecular flexibility index (Phi) is 3.13. The van der Waals surface area contributed by atoms with Crippen LogP contribution in [0.25, 0.3) is 0 Å². The maximum absolute atomic E-state index is 11.9. The average molecular weight is 296 g/mol. The molecule has 1 fully saturated rings. The number of rotatable bonds is 2. The monoisotopic (exact) mass is 296 g/mol. The molecule has 1 aromatic heterocycles. The molecule has 2 aliphatic heterocycles. The van der Waals surface area contributed by atoms with Gasteiger partial charge in [0.25, 0.3) is 0 Å². The van der Waals surface area contributed by atoms with E-state index in [0.29, 0.717) is 12.2 Å². The van der Waals surface area contributed by atoms with E-state index in [1.807, 2.05) is 6.92 Å². The van der Waals surface area contributed by atoms with Crippen LogP contribution in [0.15, 0.2) is 24.3 Å². The highest BCUT2D eigenvalue weighted by molar-refractivity contribution is 5.94. The van der Waals surface area contributed by atoms with Crippen molar-refractivity contribution >= 4 is 17.4 Å². The van der Waals surface area contributed by atoms with Gasteiger partial charge in [-0.2, -0.15) is 5.10 Å². The molecular formula is C17H20N4O. The second-order valence-corrected chi connectivity index (χ2v) is 6.20. The Morgan fingerprint density at radius 2 is 1.91 bits per heavy atom. The van der Waals surface area contributed by atoms with Crippen molar-refractivity contribution in [3.63, 3.8) is 0 Å². The van der Waals surface area contributed by atoms with Crippen LogP contribution in [0.5, 0.6) is 0 Å². The van der Waals surface area contributed by atoms with Crippen molar-refractivity contribution in [1.82, 2.24) is 10.2 Å². The van der Waals surface area contributed by atoms with Crippen LogP contribution >= 0.6 is 0 Å². The van der Waals surface area contributed by atoms with Crippen LogP contribution in [-0.2, 0) is 4.79 Å². The number of amides is 1. The molecule has 1 amide bonds. The Labute approximate surface area is 129 Å². The zero-order valence-corrected chi connectivity index (χ0v) is 12.7. The summed E-state index contributed by atoms with van der Waals surface area (Å²) < 4.78 is 0. The predicted molar refractivity (Wildman–Crippen MR) is 86.3 cm³/mol. The molecule has 0 spiro atoms. The van der Waals surface area contributed by atoms with Gasteiger partial charge in [0.05, 0.1) is 0 Å². The molecule has 0 radical (unpaired) electrons. The van der Waals surface area contributed by atoms with E-state index in [2.05, 4.69) is 44.7 Å². The first-order valence-electron chi connectivity index (χ1n) is 7.92. The zero-order chi connectivity index (χ0) is 15.1. The summed E-state index contributed by atoms with van der Waals surface area (Å²) in [6, 6.07) is 8.69. The lowest BCUT2D eigenvalue weighted by molar-refractivity contribution is -0.116. The molecular weight excluding hydrogens is 276 g/mol. The van der Waals surface area contributed by atoms with Crippen molar-refractivity contribution < 1.29 is 4.79 Å². The Balaban J connectivity index is 1.66. The summed E-state index contributed by atoms with van der Waals surface area (Å²) in [5.41, 5.74) is 4.62. The van der Waals surface area contributed by atoms with E-state index >= 15 is 0 Å². The van der Waals surface area contributed by atoms with Gasteiger partial charge in [0, 0.05) is 42.4 Å². The van der Waals surface area contributed by atoms with Gasteiger partial charge in [-0.15, -0.1) is 0 Å². The molecule has 1 saturated heterocycles. The fourth-order valence-corrected chi connectivity index (χ4v) is 3.61. The van der Waals surface area contributed by atoms with Gasteiger partial charge >= 0.3 is 0 Å². The molecule has 2 aliphatic rings. The lowest BCUT2D eigenvalue weighted by atomic mass is 9.86. The van der Waals surface area contributed by atoms with E-state index in [9.17, 15) is 4.79 Å². The summed E-state index contributed by atoms with van der Waals surface area (Å²) in [5, 5.41) is 10.0. The van der Waals surface area contributed by atoms with Crippen LogP contribution < -0.4 is 10.2 Å². The number of benzene rings is 1. The molecule has 5 nitrogen and oxygen atoms in total. The average Bonchev–Trinajstić information content (AvgIpc) is 3.17. The Morgan fingerprint density at radius 3 is 2.64 bits per heavy atom. The van der Waals surface area contributed by atoms with Crippen LogP contribution in [0.4, 0.5) is 11.5 Å². The van der Waals surface area contributed by atoms with Crippen molar-refractivity contribution in [3.8, 4) is 0 Å². The highest BCUT2D eigenvalue weighted by atomic mass is 16.1. The molecule has 4 rings (SSSR count). The topological polar surface area (TPSA) is 61.0 Å². The van der Waals surface area contributed by atoms with Crippen molar-refractivity contribution in [1.29, 1.82) is 0 Å². The van der Waals surface area contributed by atoms with Crippen molar-refractivity contribution in [2.45, 2.75) is 32.1 Å². The van der Waals surface area contributed by atoms with Crippen molar-refractivity contribution in [2.24, 2.45) is 0 Å². The molecule has 1 aromatic carbocycles. The molecule has 5 heteroatoms. The maximum Gasteiger partial charge on any atom is 0.226 e. The van der Waals surface area contributed by atoms with Gasteiger partial charge in [-0.05, 0) is 37.5 Å². The van der Waals surface area contributed by atoms with E-state index in [1.54, 1.807) is 0 Å². The van der Waals surface area contributed by atoms with Gasteiger partial charge < -0.3 is 10.2 Å². The van der Waals surface area contributed by atoms with E-state index in [-0.39, 0.29) is 11.8 Å². The normalized spacial score (nSPS) is 20.9. The molecule has 22 heavy (non-hydrogen) atoms. The summed E-state index contributed by atoms with van der Waals surface area (Å²) in [6.07, 6.45) is 3.04. The van der Waals surface area contributed by atoms with Crippen LogP contribution in [0.1, 0.15) is 42.0 Å². The molecule has 0 aliphatic carbocycles. The lowest BCUT2D eigenvalue weighted by Crippen LogP contribution is -2.23. The smallest absolute Gasteiger partial charge is 0.226 e. The number of nitrogens with zero attached hydrogens (tertiary/aromatic N) is 2. The number of H-pyrrole nitrogens is 1. The van der Waals surface area contributed by atoms with E-state index in [0.717, 1.165) is 24.3 Å². The molecule has 0 saturated carbocycles. The molecule has 114 valence electrons. The SMILES string of the molecule is Cc1[nH]nc2c1C(c1ccc(N3CCCC3)cc1)CC(=O)N2. The van der Waals surface area contributed by atoms with E-state index in [4.69, 9.17) is 0 Å². The van der Waals surface area contributed by atoms with Crippen LogP contribution in [0.3, 0.4) is 0 Å². The lowest BCUT2D eigenvalue weighted by Gasteiger charge is -2.24. The molecule has 1 atom stereocenters.